The van der Waals surface area contributed by atoms with E-state index in [1.165, 1.54) is 12.1 Å². The van der Waals surface area contributed by atoms with Gasteiger partial charge in [0, 0.05) is 24.2 Å². The molecule has 0 aliphatic heterocycles. The molecule has 0 spiro atoms. The molecule has 0 heterocycles. The second kappa shape index (κ2) is 7.93. The van der Waals surface area contributed by atoms with Crippen LogP contribution < -0.4 is 4.72 Å². The second-order valence-corrected chi connectivity index (χ2v) is 6.82. The maximum atomic E-state index is 12.5. The van der Waals surface area contributed by atoms with Crippen LogP contribution in [0.25, 0.3) is 0 Å². The monoisotopic (exact) mass is 326 g/mol. The van der Waals surface area contributed by atoms with E-state index in [4.69, 9.17) is 0 Å². The van der Waals surface area contributed by atoms with Gasteiger partial charge in [0.05, 0.1) is 6.26 Å². The summed E-state index contributed by atoms with van der Waals surface area (Å²) in [6.07, 6.45) is 2.60. The second-order valence-electron chi connectivity index (χ2n) is 5.08. The van der Waals surface area contributed by atoms with Crippen molar-refractivity contribution in [3.8, 4) is 0 Å². The Balaban J connectivity index is 2.99. The van der Waals surface area contributed by atoms with Crippen LogP contribution in [-0.4, -0.2) is 44.5 Å². The largest absolute Gasteiger partial charge is 0.339 e. The molecule has 0 saturated heterocycles. The lowest BCUT2D eigenvalue weighted by Crippen LogP contribution is -2.33. The van der Waals surface area contributed by atoms with E-state index in [1.54, 1.807) is 17.0 Å². The number of benzene rings is 1. The van der Waals surface area contributed by atoms with Gasteiger partial charge in [-0.2, -0.15) is 0 Å². The van der Waals surface area contributed by atoms with Crippen molar-refractivity contribution in [2.75, 3.05) is 19.3 Å². The highest BCUT2D eigenvalue weighted by atomic mass is 32.2. The molecule has 1 aromatic carbocycles. The molecule has 0 atom stereocenters. The predicted molar refractivity (Wildman–Crippen MR) is 85.2 cm³/mol. The average Bonchev–Trinajstić information content (AvgIpc) is 2.44. The molecule has 0 aromatic heterocycles. The molecule has 0 aliphatic carbocycles. The van der Waals surface area contributed by atoms with Gasteiger partial charge in [-0.05, 0) is 31.0 Å². The van der Waals surface area contributed by atoms with E-state index >= 15 is 0 Å². The summed E-state index contributed by atoms with van der Waals surface area (Å²) in [5.41, 5.74) is 0.521. The van der Waals surface area contributed by atoms with Crippen LogP contribution >= 0.6 is 0 Å². The lowest BCUT2D eigenvalue weighted by Gasteiger charge is -2.21. The normalized spacial score (nSPS) is 11.0. The van der Waals surface area contributed by atoms with Crippen LogP contribution in [0.5, 0.6) is 0 Å². The summed E-state index contributed by atoms with van der Waals surface area (Å²) in [5.74, 6) is -0.896. The Bertz CT molecular complexity index is 635. The fourth-order valence-electron chi connectivity index (χ4n) is 2.06. The van der Waals surface area contributed by atoms with Gasteiger partial charge in [-0.1, -0.05) is 19.9 Å². The number of amides is 2. The standard InChI is InChI=1S/C15H22N2O4S/c1-4-9-17(10-5-2)15(19)13-8-6-7-12(11-13)14(18)16-22(3,20)21/h6-8,11H,4-5,9-10H2,1-3H3,(H,16,18). The van der Waals surface area contributed by atoms with Crippen LogP contribution in [0.4, 0.5) is 0 Å². The van der Waals surface area contributed by atoms with E-state index < -0.39 is 15.9 Å². The molecule has 0 saturated carbocycles. The Morgan fingerprint density at radius 1 is 1.09 bits per heavy atom. The summed E-state index contributed by atoms with van der Waals surface area (Å²) < 4.78 is 24.1. The molecule has 2 amide bonds. The minimum absolute atomic E-state index is 0.143. The highest BCUT2D eigenvalue weighted by molar-refractivity contribution is 7.89. The zero-order chi connectivity index (χ0) is 16.8. The van der Waals surface area contributed by atoms with Crippen molar-refractivity contribution in [2.45, 2.75) is 26.7 Å². The van der Waals surface area contributed by atoms with Crippen LogP contribution in [0.3, 0.4) is 0 Å². The molecule has 1 rings (SSSR count). The maximum absolute atomic E-state index is 12.5. The Kier molecular flexibility index (Phi) is 6.55. The minimum Gasteiger partial charge on any atom is -0.339 e. The van der Waals surface area contributed by atoms with Gasteiger partial charge < -0.3 is 4.90 Å². The van der Waals surface area contributed by atoms with Crippen molar-refractivity contribution in [1.29, 1.82) is 0 Å². The molecule has 0 fully saturated rings. The molecule has 0 radical (unpaired) electrons. The van der Waals surface area contributed by atoms with Crippen molar-refractivity contribution < 1.29 is 18.0 Å². The molecule has 122 valence electrons. The van der Waals surface area contributed by atoms with E-state index in [0.717, 1.165) is 19.1 Å². The number of rotatable bonds is 7. The Labute approximate surface area is 131 Å². The van der Waals surface area contributed by atoms with Crippen molar-refractivity contribution in [2.24, 2.45) is 0 Å². The van der Waals surface area contributed by atoms with E-state index in [1.807, 2.05) is 18.6 Å². The highest BCUT2D eigenvalue weighted by Gasteiger charge is 2.17. The smallest absolute Gasteiger partial charge is 0.264 e. The summed E-state index contributed by atoms with van der Waals surface area (Å²) in [4.78, 5) is 26.0. The van der Waals surface area contributed by atoms with Gasteiger partial charge in [0.15, 0.2) is 0 Å². The fraction of sp³-hybridized carbons (Fsp3) is 0.467. The number of carbonyl (C=O) groups is 2. The Morgan fingerprint density at radius 3 is 2.14 bits per heavy atom. The number of nitrogens with one attached hydrogen (secondary N) is 1. The zero-order valence-corrected chi connectivity index (χ0v) is 13.9. The molecule has 22 heavy (non-hydrogen) atoms. The first-order valence-corrected chi connectivity index (χ1v) is 9.09. The number of nitrogens with zero attached hydrogens (tertiary/aromatic N) is 1. The zero-order valence-electron chi connectivity index (χ0n) is 13.1. The number of sulfonamides is 1. The lowest BCUT2D eigenvalue weighted by molar-refractivity contribution is 0.0755. The van der Waals surface area contributed by atoms with Gasteiger partial charge in [-0.3, -0.25) is 9.59 Å². The molecule has 0 aliphatic rings. The van der Waals surface area contributed by atoms with Crippen LogP contribution in [0.1, 0.15) is 47.4 Å². The van der Waals surface area contributed by atoms with Gasteiger partial charge >= 0.3 is 0 Å². The molecule has 6 nitrogen and oxygen atoms in total. The number of hydrogen-bond donors (Lipinski definition) is 1. The maximum Gasteiger partial charge on any atom is 0.264 e. The Hall–Kier alpha value is -1.89. The van der Waals surface area contributed by atoms with Crippen LogP contribution in [-0.2, 0) is 10.0 Å². The summed E-state index contributed by atoms with van der Waals surface area (Å²) in [6.45, 7) is 5.27. The van der Waals surface area contributed by atoms with Crippen LogP contribution in [0.2, 0.25) is 0 Å². The van der Waals surface area contributed by atoms with E-state index in [9.17, 15) is 18.0 Å². The Morgan fingerprint density at radius 2 is 1.64 bits per heavy atom. The first-order valence-electron chi connectivity index (χ1n) is 7.20. The first-order chi connectivity index (χ1) is 10.3. The molecule has 0 unspecified atom stereocenters. The molecular weight excluding hydrogens is 304 g/mol. The third kappa shape index (κ3) is 5.48. The van der Waals surface area contributed by atoms with E-state index in [-0.39, 0.29) is 11.5 Å². The van der Waals surface area contributed by atoms with Crippen molar-refractivity contribution in [3.63, 3.8) is 0 Å². The fourth-order valence-corrected chi connectivity index (χ4v) is 2.51. The van der Waals surface area contributed by atoms with Crippen molar-refractivity contribution in [1.82, 2.24) is 9.62 Å². The summed E-state index contributed by atoms with van der Waals surface area (Å²) in [5, 5.41) is 0. The van der Waals surface area contributed by atoms with Crippen molar-refractivity contribution >= 4 is 21.8 Å². The van der Waals surface area contributed by atoms with Crippen LogP contribution in [0, 0.1) is 0 Å². The highest BCUT2D eigenvalue weighted by Crippen LogP contribution is 2.10. The summed E-state index contributed by atoms with van der Waals surface area (Å²) >= 11 is 0. The quantitative estimate of drug-likeness (QED) is 0.825. The number of hydrogen-bond acceptors (Lipinski definition) is 4. The first kappa shape index (κ1) is 18.2. The van der Waals surface area contributed by atoms with Crippen molar-refractivity contribution in [3.05, 3.63) is 35.4 Å². The van der Waals surface area contributed by atoms with Gasteiger partial charge in [-0.15, -0.1) is 0 Å². The van der Waals surface area contributed by atoms with Gasteiger partial charge in [0.1, 0.15) is 0 Å². The summed E-state index contributed by atoms with van der Waals surface area (Å²) in [7, 11) is -3.63. The lowest BCUT2D eigenvalue weighted by atomic mass is 10.1. The van der Waals surface area contributed by atoms with Gasteiger partial charge in [0.2, 0.25) is 10.0 Å². The summed E-state index contributed by atoms with van der Waals surface area (Å²) in [6, 6.07) is 6.08. The van der Waals surface area contributed by atoms with E-state index in [2.05, 4.69) is 0 Å². The predicted octanol–water partition coefficient (Wildman–Crippen LogP) is 1.64. The molecular formula is C15H22N2O4S. The van der Waals surface area contributed by atoms with Gasteiger partial charge in [0.25, 0.3) is 11.8 Å². The molecule has 1 N–H and O–H groups in total. The number of carbonyl (C=O) groups excluding carboxylic acids is 2. The molecule has 1 aromatic rings. The SMILES string of the molecule is CCCN(CCC)C(=O)c1cccc(C(=O)NS(C)(=O)=O)c1. The third-order valence-corrected chi connectivity index (χ3v) is 3.48. The topological polar surface area (TPSA) is 83.6 Å². The van der Waals surface area contributed by atoms with Crippen LogP contribution in [0.15, 0.2) is 24.3 Å². The minimum atomic E-state index is -3.63. The van der Waals surface area contributed by atoms with Gasteiger partial charge in [-0.25, -0.2) is 13.1 Å². The molecule has 7 heteroatoms. The average molecular weight is 326 g/mol. The third-order valence-electron chi connectivity index (χ3n) is 2.92. The van der Waals surface area contributed by atoms with E-state index in [0.29, 0.717) is 18.7 Å². The molecule has 0 bridgehead atoms.